The van der Waals surface area contributed by atoms with Gasteiger partial charge in [0, 0.05) is 21.7 Å². The Morgan fingerprint density at radius 1 is 1.13 bits per heavy atom. The van der Waals surface area contributed by atoms with Crippen molar-refractivity contribution in [2.45, 2.75) is 52.0 Å². The minimum Gasteiger partial charge on any atom is -0.493 e. The molecule has 0 bridgehead atoms. The van der Waals surface area contributed by atoms with Gasteiger partial charge in [-0.2, -0.15) is 0 Å². The maximum Gasteiger partial charge on any atom is 0.169 e. The zero-order valence-corrected chi connectivity index (χ0v) is 23.6. The lowest BCUT2D eigenvalue weighted by atomic mass is 10.1. The predicted molar refractivity (Wildman–Crippen MR) is 156 cm³/mol. The van der Waals surface area contributed by atoms with E-state index in [4.69, 9.17) is 31.9 Å². The van der Waals surface area contributed by atoms with E-state index in [1.807, 2.05) is 62.4 Å². The molecule has 1 saturated carbocycles. The number of nitrogens with zero attached hydrogens (tertiary/aromatic N) is 2. The van der Waals surface area contributed by atoms with E-state index in [-0.39, 0.29) is 0 Å². The topological polar surface area (TPSA) is 101 Å². The highest BCUT2D eigenvalue weighted by Crippen LogP contribution is 2.45. The molecule has 4 N–H and O–H groups in total. The molecule has 0 spiro atoms. The van der Waals surface area contributed by atoms with E-state index in [9.17, 15) is 5.11 Å². The van der Waals surface area contributed by atoms with Crippen molar-refractivity contribution in [1.82, 2.24) is 0 Å². The van der Waals surface area contributed by atoms with Gasteiger partial charge in [0.2, 0.25) is 0 Å². The van der Waals surface area contributed by atoms with E-state index in [1.54, 1.807) is 18.3 Å². The normalized spacial score (nSPS) is 17.1. The molecule has 2 aromatic carbocycles. The van der Waals surface area contributed by atoms with Crippen LogP contribution in [0.25, 0.3) is 10.4 Å². The summed E-state index contributed by atoms with van der Waals surface area (Å²) in [6, 6.07) is 15.4. The Labute approximate surface area is 233 Å². The van der Waals surface area contributed by atoms with Crippen LogP contribution in [0.5, 0.6) is 11.5 Å². The van der Waals surface area contributed by atoms with Crippen LogP contribution in [-0.4, -0.2) is 36.5 Å². The molecule has 1 aliphatic heterocycles. The van der Waals surface area contributed by atoms with Crippen LogP contribution in [0.1, 0.15) is 50.6 Å². The van der Waals surface area contributed by atoms with Gasteiger partial charge in [-0.05, 0) is 60.6 Å². The number of fused-ring (bicyclic) bond motifs is 1. The van der Waals surface area contributed by atoms with Crippen molar-refractivity contribution in [2.24, 2.45) is 22.6 Å². The fourth-order valence-electron chi connectivity index (χ4n) is 4.12. The van der Waals surface area contributed by atoms with Gasteiger partial charge in [-0.25, -0.2) is 4.99 Å². The highest BCUT2D eigenvalue weighted by Gasteiger charge is 2.27. The van der Waals surface area contributed by atoms with Crippen LogP contribution < -0.4 is 20.1 Å². The summed E-state index contributed by atoms with van der Waals surface area (Å²) in [5.41, 5.74) is 7.67. The third-order valence-electron chi connectivity index (χ3n) is 6.33. The summed E-state index contributed by atoms with van der Waals surface area (Å²) in [6.45, 7) is 4.74. The van der Waals surface area contributed by atoms with Crippen LogP contribution in [0.15, 0.2) is 53.5 Å². The molecule has 0 amide bonds. The molecular weight excluding hydrogens is 522 g/mol. The standard InChI is InChI=1S/C24H23ClN2O3S.C5H13NO/c1-29-21-12-18(8-9-20(21)30-11-10-15-2-3-15)27-14-26-19-13-22(31-23(19)24(27)28)16-4-6-17(25)7-5-16;1-4(2)3-5(6)7/h4-9,12-15,24,28H,2-3,10-11H2,1H3;4-5,7H,3,6H2,1-2H3. The Hall–Kier alpha value is -2.62. The van der Waals surface area contributed by atoms with Crippen LogP contribution in [0.3, 0.4) is 0 Å². The zero-order chi connectivity index (χ0) is 27.2. The second-order valence-corrected chi connectivity index (χ2v) is 11.5. The number of benzene rings is 2. The highest BCUT2D eigenvalue weighted by atomic mass is 35.5. The van der Waals surface area contributed by atoms with E-state index >= 15 is 0 Å². The Bertz CT molecular complexity index is 1220. The predicted octanol–water partition coefficient (Wildman–Crippen LogP) is 6.74. The van der Waals surface area contributed by atoms with E-state index < -0.39 is 12.5 Å². The van der Waals surface area contributed by atoms with Crippen LogP contribution >= 0.6 is 22.9 Å². The number of hydrogen-bond donors (Lipinski definition) is 3. The molecule has 7 nitrogen and oxygen atoms in total. The van der Waals surface area contributed by atoms with Crippen molar-refractivity contribution in [1.29, 1.82) is 0 Å². The van der Waals surface area contributed by atoms with Crippen molar-refractivity contribution in [3.8, 4) is 21.9 Å². The minimum atomic E-state index is -0.829. The van der Waals surface area contributed by atoms with E-state index in [0.29, 0.717) is 29.7 Å². The number of halogens is 1. The molecule has 3 aromatic rings. The third kappa shape index (κ3) is 7.48. The molecule has 1 aliphatic carbocycles. The molecule has 2 aliphatic rings. The SMILES string of the molecule is CC(C)CC(N)O.COc1cc(N2C=Nc3cc(-c4ccc(Cl)cc4)sc3C2O)ccc1OCCC1CC1. The number of thiophene rings is 1. The summed E-state index contributed by atoms with van der Waals surface area (Å²) in [6.07, 6.45) is 4.62. The largest absolute Gasteiger partial charge is 0.493 e. The fourth-order valence-corrected chi connectivity index (χ4v) is 5.34. The van der Waals surface area contributed by atoms with Crippen molar-refractivity contribution < 1.29 is 19.7 Å². The quantitative estimate of drug-likeness (QED) is 0.252. The monoisotopic (exact) mass is 557 g/mol. The summed E-state index contributed by atoms with van der Waals surface area (Å²) >= 11 is 7.53. The number of nitrogens with two attached hydrogens (primary N) is 1. The Kier molecular flexibility index (Phi) is 9.68. The summed E-state index contributed by atoms with van der Waals surface area (Å²) in [5.74, 6) is 2.69. The van der Waals surface area contributed by atoms with Gasteiger partial charge < -0.3 is 30.3 Å². The summed E-state index contributed by atoms with van der Waals surface area (Å²) in [5, 5.41) is 20.3. The van der Waals surface area contributed by atoms with Gasteiger partial charge in [0.15, 0.2) is 17.7 Å². The van der Waals surface area contributed by atoms with Gasteiger partial charge in [-0.1, -0.05) is 50.4 Å². The number of aliphatic imine (C=N–C) groups is 1. The fraction of sp³-hybridized carbons (Fsp3) is 0.414. The molecule has 0 radical (unpaired) electrons. The molecule has 2 atom stereocenters. The molecule has 5 rings (SSSR count). The van der Waals surface area contributed by atoms with E-state index in [1.165, 1.54) is 24.2 Å². The highest BCUT2D eigenvalue weighted by molar-refractivity contribution is 7.16. The lowest BCUT2D eigenvalue weighted by Gasteiger charge is -2.28. The van der Waals surface area contributed by atoms with E-state index in [0.717, 1.165) is 44.8 Å². The molecule has 2 heterocycles. The second kappa shape index (κ2) is 13.0. The molecule has 2 unspecified atom stereocenters. The number of methoxy groups -OCH3 is 1. The third-order valence-corrected chi connectivity index (χ3v) is 7.79. The van der Waals surface area contributed by atoms with Gasteiger partial charge >= 0.3 is 0 Å². The molecule has 1 fully saturated rings. The average molecular weight is 558 g/mol. The summed E-state index contributed by atoms with van der Waals surface area (Å²) in [7, 11) is 1.63. The summed E-state index contributed by atoms with van der Waals surface area (Å²) in [4.78, 5) is 8.15. The molecule has 204 valence electrons. The smallest absolute Gasteiger partial charge is 0.169 e. The van der Waals surface area contributed by atoms with Crippen LogP contribution in [0.4, 0.5) is 11.4 Å². The first kappa shape index (κ1) is 28.4. The first-order valence-corrected chi connectivity index (χ1v) is 14.1. The first-order chi connectivity index (χ1) is 18.2. The maximum absolute atomic E-state index is 11.1. The molecule has 1 aromatic heterocycles. The number of aliphatic hydroxyl groups is 2. The second-order valence-electron chi connectivity index (χ2n) is 10.0. The van der Waals surface area contributed by atoms with Crippen molar-refractivity contribution in [3.63, 3.8) is 0 Å². The average Bonchev–Trinajstić information content (AvgIpc) is 3.60. The summed E-state index contributed by atoms with van der Waals surface area (Å²) < 4.78 is 11.5. The minimum absolute atomic E-state index is 0.500. The van der Waals surface area contributed by atoms with Crippen molar-refractivity contribution >= 4 is 40.7 Å². The van der Waals surface area contributed by atoms with Gasteiger partial charge in [0.1, 0.15) is 6.23 Å². The van der Waals surface area contributed by atoms with Crippen LogP contribution in [-0.2, 0) is 0 Å². The Balaban J connectivity index is 0.000000426. The lowest BCUT2D eigenvalue weighted by Crippen LogP contribution is -2.28. The number of aliphatic hydroxyl groups excluding tert-OH is 2. The Morgan fingerprint density at radius 2 is 1.87 bits per heavy atom. The van der Waals surface area contributed by atoms with Crippen molar-refractivity contribution in [3.05, 3.63) is 58.4 Å². The molecular formula is C29H36ClN3O4S. The lowest BCUT2D eigenvalue weighted by molar-refractivity contribution is 0.156. The van der Waals surface area contributed by atoms with Gasteiger partial charge in [0.05, 0.1) is 30.6 Å². The van der Waals surface area contributed by atoms with Crippen LogP contribution in [0.2, 0.25) is 5.02 Å². The number of anilines is 1. The van der Waals surface area contributed by atoms with Gasteiger partial charge in [-0.3, -0.25) is 0 Å². The zero-order valence-electron chi connectivity index (χ0n) is 22.0. The number of ether oxygens (including phenoxy) is 2. The van der Waals surface area contributed by atoms with Gasteiger partial charge in [-0.15, -0.1) is 11.3 Å². The van der Waals surface area contributed by atoms with Gasteiger partial charge in [0.25, 0.3) is 0 Å². The number of rotatable bonds is 9. The molecule has 0 saturated heterocycles. The maximum atomic E-state index is 11.1. The number of hydrogen-bond acceptors (Lipinski definition) is 8. The van der Waals surface area contributed by atoms with Crippen LogP contribution in [0, 0.1) is 11.8 Å². The molecule has 9 heteroatoms. The molecule has 38 heavy (non-hydrogen) atoms. The van der Waals surface area contributed by atoms with E-state index in [2.05, 4.69) is 4.99 Å². The Morgan fingerprint density at radius 3 is 2.47 bits per heavy atom. The van der Waals surface area contributed by atoms with Crippen molar-refractivity contribution in [2.75, 3.05) is 18.6 Å². The first-order valence-electron chi connectivity index (χ1n) is 12.9.